The summed E-state index contributed by atoms with van der Waals surface area (Å²) < 4.78 is 0. The van der Waals surface area contributed by atoms with Crippen molar-refractivity contribution in [1.29, 1.82) is 0 Å². The summed E-state index contributed by atoms with van der Waals surface area (Å²) in [6.45, 7) is 4.46. The fraction of sp³-hybridized carbons (Fsp3) is 0.786. The fourth-order valence-corrected chi connectivity index (χ4v) is 3.53. The van der Waals surface area contributed by atoms with Crippen LogP contribution >= 0.6 is 11.3 Å². The number of hydrogen-bond acceptors (Lipinski definition) is 3. The van der Waals surface area contributed by atoms with Gasteiger partial charge in [-0.25, -0.2) is 4.98 Å². The van der Waals surface area contributed by atoms with Crippen LogP contribution in [-0.4, -0.2) is 11.0 Å². The van der Waals surface area contributed by atoms with Crippen molar-refractivity contribution in [3.8, 4) is 0 Å². The summed E-state index contributed by atoms with van der Waals surface area (Å²) in [5.74, 6) is 1.41. The second-order valence-electron chi connectivity index (χ2n) is 5.87. The Bertz CT molecular complexity index is 377. The molecule has 0 radical (unpaired) electrons. The number of aromatic nitrogens is 1. The Morgan fingerprint density at radius 3 is 2.53 bits per heavy atom. The lowest BCUT2D eigenvalue weighted by atomic mass is 9.80. The quantitative estimate of drug-likeness (QED) is 0.858. The molecule has 2 fully saturated rings. The maximum Gasteiger partial charge on any atom is 0.110 e. The average Bonchev–Trinajstić information content (AvgIpc) is 2.90. The van der Waals surface area contributed by atoms with Gasteiger partial charge in [0, 0.05) is 11.4 Å². The lowest BCUT2D eigenvalue weighted by Gasteiger charge is -2.33. The molecule has 0 bridgehead atoms. The van der Waals surface area contributed by atoms with E-state index in [0.29, 0.717) is 12.0 Å². The smallest absolute Gasteiger partial charge is 0.110 e. The lowest BCUT2D eigenvalue weighted by molar-refractivity contribution is 0.228. The third kappa shape index (κ3) is 2.55. The molecule has 2 nitrogen and oxygen atoms in total. The molecule has 1 atom stereocenters. The number of hydrogen-bond donors (Lipinski definition) is 1. The van der Waals surface area contributed by atoms with Gasteiger partial charge in [-0.2, -0.15) is 0 Å². The summed E-state index contributed by atoms with van der Waals surface area (Å²) in [6, 6.07) is 1.33. The van der Waals surface area contributed by atoms with Crippen LogP contribution in [0.1, 0.15) is 68.6 Å². The molecule has 94 valence electrons. The molecule has 0 amide bonds. The molecular formula is C14H22N2S. The zero-order valence-corrected chi connectivity index (χ0v) is 11.6. The van der Waals surface area contributed by atoms with Crippen LogP contribution in [0.4, 0.5) is 0 Å². The topological polar surface area (TPSA) is 24.9 Å². The standard InChI is InChI=1S/C14H22N2S/c1-9(2)12-8-17-14(16-12)13(10-4-3-5-10)15-11-6-7-11/h8-11,13,15H,3-7H2,1-2H3. The van der Waals surface area contributed by atoms with Gasteiger partial charge in [0.25, 0.3) is 0 Å². The average molecular weight is 250 g/mol. The molecule has 1 aromatic heterocycles. The van der Waals surface area contributed by atoms with Crippen LogP contribution in [0.2, 0.25) is 0 Å². The van der Waals surface area contributed by atoms with E-state index in [9.17, 15) is 0 Å². The summed E-state index contributed by atoms with van der Waals surface area (Å²) in [5.41, 5.74) is 1.27. The van der Waals surface area contributed by atoms with Gasteiger partial charge in [-0.15, -0.1) is 11.3 Å². The predicted octanol–water partition coefficient (Wildman–Crippen LogP) is 3.86. The van der Waals surface area contributed by atoms with Crippen LogP contribution in [0.3, 0.4) is 0 Å². The second kappa shape index (κ2) is 4.69. The van der Waals surface area contributed by atoms with Gasteiger partial charge < -0.3 is 5.32 Å². The molecule has 3 heteroatoms. The van der Waals surface area contributed by atoms with Gasteiger partial charge in [0.2, 0.25) is 0 Å². The van der Waals surface area contributed by atoms with Gasteiger partial charge in [0.1, 0.15) is 5.01 Å². The van der Waals surface area contributed by atoms with Crippen molar-refractivity contribution in [3.63, 3.8) is 0 Å². The molecule has 2 aliphatic rings. The second-order valence-corrected chi connectivity index (χ2v) is 6.76. The summed E-state index contributed by atoms with van der Waals surface area (Å²) in [4.78, 5) is 4.85. The molecule has 0 aliphatic heterocycles. The Kier molecular flexibility index (Phi) is 3.22. The molecule has 17 heavy (non-hydrogen) atoms. The highest BCUT2D eigenvalue weighted by Crippen LogP contribution is 2.41. The minimum atomic E-state index is 0.550. The maximum absolute atomic E-state index is 4.85. The van der Waals surface area contributed by atoms with Crippen molar-refractivity contribution < 1.29 is 0 Å². The fourth-order valence-electron chi connectivity index (χ4n) is 2.39. The first-order chi connectivity index (χ1) is 8.24. The molecular weight excluding hydrogens is 228 g/mol. The van der Waals surface area contributed by atoms with E-state index >= 15 is 0 Å². The normalized spacial score (nSPS) is 22.8. The predicted molar refractivity (Wildman–Crippen MR) is 72.4 cm³/mol. The Labute approximate surface area is 108 Å². The Morgan fingerprint density at radius 1 is 1.29 bits per heavy atom. The highest BCUT2D eigenvalue weighted by Gasteiger charge is 2.34. The Morgan fingerprint density at radius 2 is 2.06 bits per heavy atom. The number of rotatable bonds is 5. The molecule has 0 aromatic carbocycles. The summed E-state index contributed by atoms with van der Waals surface area (Å²) >= 11 is 1.86. The highest BCUT2D eigenvalue weighted by molar-refractivity contribution is 7.09. The SMILES string of the molecule is CC(C)c1csc(C(NC2CC2)C2CCC2)n1. The Hall–Kier alpha value is -0.410. The monoisotopic (exact) mass is 250 g/mol. The first-order valence-corrected chi connectivity index (χ1v) is 7.83. The van der Waals surface area contributed by atoms with E-state index in [0.717, 1.165) is 12.0 Å². The van der Waals surface area contributed by atoms with Crippen molar-refractivity contribution in [2.75, 3.05) is 0 Å². The number of thiazole rings is 1. The third-order valence-corrected chi connectivity index (χ3v) is 4.96. The van der Waals surface area contributed by atoms with Crippen LogP contribution in [0.5, 0.6) is 0 Å². The molecule has 3 rings (SSSR count). The van der Waals surface area contributed by atoms with Gasteiger partial charge >= 0.3 is 0 Å². The Balaban J connectivity index is 1.75. The van der Waals surface area contributed by atoms with Crippen molar-refractivity contribution >= 4 is 11.3 Å². The lowest BCUT2D eigenvalue weighted by Crippen LogP contribution is -2.33. The highest BCUT2D eigenvalue weighted by atomic mass is 32.1. The van der Waals surface area contributed by atoms with E-state index in [1.54, 1.807) is 0 Å². The van der Waals surface area contributed by atoms with Gasteiger partial charge in [-0.1, -0.05) is 20.3 Å². The van der Waals surface area contributed by atoms with Crippen LogP contribution in [0, 0.1) is 5.92 Å². The largest absolute Gasteiger partial charge is 0.305 e. The van der Waals surface area contributed by atoms with E-state index < -0.39 is 0 Å². The summed E-state index contributed by atoms with van der Waals surface area (Å²) in [7, 11) is 0. The molecule has 2 aliphatic carbocycles. The van der Waals surface area contributed by atoms with Crippen LogP contribution in [0.15, 0.2) is 5.38 Å². The minimum Gasteiger partial charge on any atom is -0.305 e. The zero-order chi connectivity index (χ0) is 11.8. The van der Waals surface area contributed by atoms with Gasteiger partial charge in [-0.05, 0) is 37.5 Å². The van der Waals surface area contributed by atoms with Crippen LogP contribution < -0.4 is 5.32 Å². The molecule has 1 aromatic rings. The molecule has 1 unspecified atom stereocenters. The number of nitrogens with zero attached hydrogens (tertiary/aromatic N) is 1. The summed E-state index contributed by atoms with van der Waals surface area (Å²) in [5, 5.41) is 7.40. The van der Waals surface area contributed by atoms with Gasteiger partial charge in [0.05, 0.1) is 11.7 Å². The van der Waals surface area contributed by atoms with E-state index in [1.165, 1.54) is 42.8 Å². The molecule has 2 saturated carbocycles. The number of nitrogens with one attached hydrogen (secondary N) is 1. The van der Waals surface area contributed by atoms with E-state index in [4.69, 9.17) is 4.98 Å². The van der Waals surface area contributed by atoms with E-state index in [2.05, 4.69) is 24.5 Å². The first kappa shape index (κ1) is 11.7. The van der Waals surface area contributed by atoms with Crippen molar-refractivity contribution in [3.05, 3.63) is 16.1 Å². The van der Waals surface area contributed by atoms with Gasteiger partial charge in [0.15, 0.2) is 0 Å². The van der Waals surface area contributed by atoms with Crippen molar-refractivity contribution in [2.24, 2.45) is 5.92 Å². The molecule has 0 saturated heterocycles. The van der Waals surface area contributed by atoms with Crippen molar-refractivity contribution in [1.82, 2.24) is 10.3 Å². The maximum atomic E-state index is 4.85. The first-order valence-electron chi connectivity index (χ1n) is 6.95. The zero-order valence-electron chi connectivity index (χ0n) is 10.8. The van der Waals surface area contributed by atoms with E-state index in [1.807, 2.05) is 11.3 Å². The minimum absolute atomic E-state index is 0.550. The van der Waals surface area contributed by atoms with Gasteiger partial charge in [-0.3, -0.25) is 0 Å². The third-order valence-electron chi connectivity index (χ3n) is 4.01. The molecule has 1 heterocycles. The summed E-state index contributed by atoms with van der Waals surface area (Å²) in [6.07, 6.45) is 6.93. The molecule has 1 N–H and O–H groups in total. The van der Waals surface area contributed by atoms with Crippen molar-refractivity contribution in [2.45, 2.75) is 64.0 Å². The van der Waals surface area contributed by atoms with E-state index in [-0.39, 0.29) is 0 Å². The van der Waals surface area contributed by atoms with Crippen LogP contribution in [0.25, 0.3) is 0 Å². The molecule has 0 spiro atoms. The van der Waals surface area contributed by atoms with Crippen LogP contribution in [-0.2, 0) is 0 Å².